The maximum Gasteiger partial charge on any atom is 0.320 e. The molecule has 0 fully saturated rings. The largest absolute Gasteiger partial charge is 0.321 e. The van der Waals surface area contributed by atoms with Crippen molar-refractivity contribution in [1.82, 2.24) is 10.1 Å². The van der Waals surface area contributed by atoms with Gasteiger partial charge in [0.25, 0.3) is 0 Å². The number of hydrogen-bond acceptors (Lipinski definition) is 3. The average Bonchev–Trinajstić information content (AvgIpc) is 2.61. The van der Waals surface area contributed by atoms with E-state index in [1.54, 1.807) is 0 Å². The second-order valence-electron chi connectivity index (χ2n) is 2.59. The fraction of sp³-hybridized carbons (Fsp3) is 0. The van der Waals surface area contributed by atoms with E-state index in [0.29, 0.717) is 0 Å². The van der Waals surface area contributed by atoms with Gasteiger partial charge in [-0.3, -0.25) is 0 Å². The normalized spacial score (nSPS) is 10.7. The minimum absolute atomic E-state index is 0.0695. The van der Waals surface area contributed by atoms with Crippen molar-refractivity contribution in [3.63, 3.8) is 0 Å². The lowest BCUT2D eigenvalue weighted by Gasteiger charge is -2.00. The van der Waals surface area contributed by atoms with Crippen molar-refractivity contribution in [3.05, 3.63) is 33.6 Å². The summed E-state index contributed by atoms with van der Waals surface area (Å²) < 4.78 is 30.4. The molecule has 0 aliphatic heterocycles. The van der Waals surface area contributed by atoms with Crippen LogP contribution in [0.3, 0.4) is 0 Å². The fourth-order valence-electron chi connectivity index (χ4n) is 1.01. The highest BCUT2D eigenvalue weighted by Gasteiger charge is 2.16. The maximum atomic E-state index is 13.1. The highest BCUT2D eigenvalue weighted by molar-refractivity contribution is 9.10. The molecule has 0 aliphatic rings. The summed E-state index contributed by atoms with van der Waals surface area (Å²) in [6, 6.07) is 2.30. The first-order valence-electron chi connectivity index (χ1n) is 3.72. The molecule has 0 saturated heterocycles. The molecule has 0 radical (unpaired) electrons. The summed E-state index contributed by atoms with van der Waals surface area (Å²) in [5, 5.41) is 3.32. The van der Waals surface area contributed by atoms with Crippen LogP contribution in [0, 0.1) is 11.6 Å². The first-order chi connectivity index (χ1) is 7.09. The first-order valence-corrected chi connectivity index (χ1v) is 4.90. The second-order valence-corrected chi connectivity index (χ2v) is 3.71. The topological polar surface area (TPSA) is 38.9 Å². The molecule has 0 saturated carbocycles. The average molecular weight is 295 g/mol. The molecule has 0 aliphatic carbocycles. The van der Waals surface area contributed by atoms with E-state index in [0.717, 1.165) is 6.07 Å². The Bertz CT molecular complexity index is 517. The number of hydrogen-bond donors (Lipinski definition) is 0. The summed E-state index contributed by atoms with van der Waals surface area (Å²) in [7, 11) is 0. The summed E-state index contributed by atoms with van der Waals surface area (Å²) in [6.07, 6.45) is 0. The predicted molar refractivity (Wildman–Crippen MR) is 52.4 cm³/mol. The molecule has 0 amide bonds. The monoisotopic (exact) mass is 294 g/mol. The van der Waals surface area contributed by atoms with Crippen molar-refractivity contribution >= 4 is 27.5 Å². The number of nitrogens with zero attached hydrogens (tertiary/aromatic N) is 2. The van der Waals surface area contributed by atoms with Gasteiger partial charge in [0.15, 0.2) is 11.6 Å². The molecule has 0 N–H and O–H groups in total. The number of aromatic nitrogens is 2. The van der Waals surface area contributed by atoms with Crippen molar-refractivity contribution in [2.45, 2.75) is 0 Å². The van der Waals surface area contributed by atoms with E-state index in [-0.39, 0.29) is 21.2 Å². The Morgan fingerprint density at radius 2 is 2.07 bits per heavy atom. The molecule has 3 nitrogen and oxygen atoms in total. The van der Waals surface area contributed by atoms with Gasteiger partial charge in [0, 0.05) is 5.56 Å². The smallest absolute Gasteiger partial charge is 0.320 e. The Morgan fingerprint density at radius 1 is 1.33 bits per heavy atom. The van der Waals surface area contributed by atoms with Gasteiger partial charge in [-0.25, -0.2) is 8.78 Å². The van der Waals surface area contributed by atoms with Gasteiger partial charge in [0.05, 0.1) is 4.47 Å². The van der Waals surface area contributed by atoms with Crippen molar-refractivity contribution < 1.29 is 13.3 Å². The number of rotatable bonds is 1. The van der Waals surface area contributed by atoms with Crippen LogP contribution in [0.15, 0.2) is 21.1 Å². The molecule has 1 aromatic heterocycles. The zero-order valence-corrected chi connectivity index (χ0v) is 9.31. The third-order valence-corrected chi connectivity index (χ3v) is 2.61. The Balaban J connectivity index is 2.59. The van der Waals surface area contributed by atoms with E-state index in [9.17, 15) is 8.78 Å². The summed E-state index contributed by atoms with van der Waals surface area (Å²) >= 11 is 8.31. The van der Waals surface area contributed by atoms with Crippen molar-refractivity contribution in [2.24, 2.45) is 0 Å². The maximum absolute atomic E-state index is 13.1. The molecular formula is C8H2BrClF2N2O. The van der Waals surface area contributed by atoms with Crippen LogP contribution in [0.2, 0.25) is 5.35 Å². The highest BCUT2D eigenvalue weighted by Crippen LogP contribution is 2.30. The minimum atomic E-state index is -1.01. The van der Waals surface area contributed by atoms with E-state index in [1.807, 2.05) is 0 Å². The lowest BCUT2D eigenvalue weighted by Crippen LogP contribution is -1.90. The van der Waals surface area contributed by atoms with Crippen LogP contribution in [0.25, 0.3) is 11.4 Å². The molecule has 2 aromatic rings. The van der Waals surface area contributed by atoms with E-state index in [2.05, 4.69) is 30.6 Å². The van der Waals surface area contributed by atoms with Crippen molar-refractivity contribution in [3.8, 4) is 11.4 Å². The van der Waals surface area contributed by atoms with Gasteiger partial charge in [-0.2, -0.15) is 4.98 Å². The lowest BCUT2D eigenvalue weighted by molar-refractivity contribution is 0.420. The molecule has 78 valence electrons. The summed E-state index contributed by atoms with van der Waals surface area (Å²) in [6.45, 7) is 0. The second kappa shape index (κ2) is 3.86. The molecule has 2 rings (SSSR count). The summed E-state index contributed by atoms with van der Waals surface area (Å²) in [4.78, 5) is 3.68. The lowest BCUT2D eigenvalue weighted by atomic mass is 10.2. The Hall–Kier alpha value is -1.01. The SMILES string of the molecule is Fc1ccc(-c2noc(Cl)n2)c(Br)c1F. The Labute approximate surface area is 96.2 Å². The van der Waals surface area contributed by atoms with Gasteiger partial charge in [-0.15, -0.1) is 0 Å². The van der Waals surface area contributed by atoms with E-state index >= 15 is 0 Å². The molecule has 0 atom stereocenters. The summed E-state index contributed by atoms with van der Waals surface area (Å²) in [5.41, 5.74) is 0.268. The summed E-state index contributed by atoms with van der Waals surface area (Å²) in [5.74, 6) is -1.88. The zero-order chi connectivity index (χ0) is 11.0. The molecule has 15 heavy (non-hydrogen) atoms. The quantitative estimate of drug-likeness (QED) is 0.757. The minimum Gasteiger partial charge on any atom is -0.321 e. The molecule has 0 unspecified atom stereocenters. The van der Waals surface area contributed by atoms with Gasteiger partial charge in [0.1, 0.15) is 0 Å². The van der Waals surface area contributed by atoms with Crippen LogP contribution >= 0.6 is 27.5 Å². The van der Waals surface area contributed by atoms with Crippen LogP contribution in [-0.4, -0.2) is 10.1 Å². The van der Waals surface area contributed by atoms with Gasteiger partial charge in [0.2, 0.25) is 5.82 Å². The van der Waals surface area contributed by atoms with Gasteiger partial charge in [-0.1, -0.05) is 5.16 Å². The molecule has 0 spiro atoms. The molecule has 1 heterocycles. The van der Waals surface area contributed by atoms with Crippen LogP contribution in [-0.2, 0) is 0 Å². The van der Waals surface area contributed by atoms with Crippen LogP contribution < -0.4 is 0 Å². The first kappa shape index (κ1) is 10.5. The third-order valence-electron chi connectivity index (χ3n) is 1.68. The molecule has 7 heteroatoms. The predicted octanol–water partition coefficient (Wildman–Crippen LogP) is 3.43. The highest BCUT2D eigenvalue weighted by atomic mass is 79.9. The van der Waals surface area contributed by atoms with E-state index < -0.39 is 11.6 Å². The fourth-order valence-corrected chi connectivity index (χ4v) is 1.63. The molecule has 1 aromatic carbocycles. The Morgan fingerprint density at radius 3 is 2.67 bits per heavy atom. The standard InChI is InChI=1S/C8H2BrClF2N2O/c9-5-3(1-2-4(11)6(5)12)7-13-8(10)15-14-7/h1-2H. The number of benzene rings is 1. The van der Waals surface area contributed by atoms with Crippen LogP contribution in [0.4, 0.5) is 8.78 Å². The number of halogens is 4. The van der Waals surface area contributed by atoms with E-state index in [4.69, 9.17) is 11.6 Å². The molecular weight excluding hydrogens is 293 g/mol. The van der Waals surface area contributed by atoms with Gasteiger partial charge < -0.3 is 4.52 Å². The van der Waals surface area contributed by atoms with Crippen molar-refractivity contribution in [2.75, 3.05) is 0 Å². The van der Waals surface area contributed by atoms with Crippen LogP contribution in [0.1, 0.15) is 0 Å². The van der Waals surface area contributed by atoms with Crippen molar-refractivity contribution in [1.29, 1.82) is 0 Å². The molecule has 0 bridgehead atoms. The zero-order valence-electron chi connectivity index (χ0n) is 6.97. The van der Waals surface area contributed by atoms with Gasteiger partial charge >= 0.3 is 5.35 Å². The van der Waals surface area contributed by atoms with Crippen LogP contribution in [0.5, 0.6) is 0 Å². The Kier molecular flexibility index (Phi) is 2.70. The van der Waals surface area contributed by atoms with Gasteiger partial charge in [-0.05, 0) is 39.7 Å². The van der Waals surface area contributed by atoms with E-state index in [1.165, 1.54) is 6.07 Å². The third kappa shape index (κ3) is 1.87.